The van der Waals surface area contributed by atoms with Crippen LogP contribution in [-0.2, 0) is 4.43 Å². The van der Waals surface area contributed by atoms with Crippen molar-refractivity contribution in [1.82, 2.24) is 4.90 Å². The van der Waals surface area contributed by atoms with Gasteiger partial charge in [0.2, 0.25) is 0 Å². The third-order valence-electron chi connectivity index (χ3n) is 5.33. The van der Waals surface area contributed by atoms with Gasteiger partial charge in [0.15, 0.2) is 8.32 Å². The van der Waals surface area contributed by atoms with Gasteiger partial charge in [-0.2, -0.15) is 0 Å². The lowest BCUT2D eigenvalue weighted by Gasteiger charge is -2.41. The van der Waals surface area contributed by atoms with Crippen LogP contribution in [0.3, 0.4) is 0 Å². The van der Waals surface area contributed by atoms with Crippen LogP contribution in [0.15, 0.2) is 30.3 Å². The molecule has 1 aromatic rings. The minimum atomic E-state index is -1.76. The number of hydrogen-bond donors (Lipinski definition) is 0. The molecule has 1 aliphatic rings. The highest BCUT2D eigenvalue weighted by Gasteiger charge is 2.38. The summed E-state index contributed by atoms with van der Waals surface area (Å²) in [7, 11) is -1.76. The summed E-state index contributed by atoms with van der Waals surface area (Å²) in [5, 5.41) is 0.233. The number of piperidine rings is 1. The Morgan fingerprint density at radius 3 is 2.39 bits per heavy atom. The summed E-state index contributed by atoms with van der Waals surface area (Å²) in [5.74, 6) is 0. The second-order valence-corrected chi connectivity index (χ2v) is 13.3. The van der Waals surface area contributed by atoms with E-state index in [0.29, 0.717) is 0 Å². The molecule has 0 bridgehead atoms. The van der Waals surface area contributed by atoms with Gasteiger partial charge in [0, 0.05) is 6.54 Å². The normalized spacial score (nSPS) is 18.1. The molecule has 4 heteroatoms. The lowest BCUT2D eigenvalue weighted by molar-refractivity contribution is 0.177. The lowest BCUT2D eigenvalue weighted by Crippen LogP contribution is -2.45. The quantitative estimate of drug-likeness (QED) is 0.510. The van der Waals surface area contributed by atoms with Crippen molar-refractivity contribution in [3.63, 3.8) is 0 Å². The number of hydrogen-bond acceptors (Lipinski definition) is 2. The molecule has 0 amide bonds. The van der Waals surface area contributed by atoms with E-state index >= 15 is 0 Å². The molecule has 128 valence electrons. The Balaban J connectivity index is 2.19. The highest BCUT2D eigenvalue weighted by atomic mass is 32.1. The maximum atomic E-state index is 6.55. The van der Waals surface area contributed by atoms with Crippen molar-refractivity contribution in [2.45, 2.75) is 64.2 Å². The number of likely N-dealkylation sites (tertiary alicyclic amines) is 1. The molecule has 0 radical (unpaired) electrons. The van der Waals surface area contributed by atoms with Crippen molar-refractivity contribution in [2.24, 2.45) is 0 Å². The zero-order valence-electron chi connectivity index (χ0n) is 15.3. The van der Waals surface area contributed by atoms with Gasteiger partial charge in [0.1, 0.15) is 0 Å². The summed E-state index contributed by atoms with van der Waals surface area (Å²) in [6.07, 6.45) is 3.49. The fraction of sp³-hybridized carbons (Fsp3) is 0.632. The van der Waals surface area contributed by atoms with Crippen LogP contribution in [0.1, 0.15) is 51.6 Å². The summed E-state index contributed by atoms with van der Waals surface area (Å²) in [4.78, 5) is 3.50. The number of thiocarbonyl (C=S) groups is 1. The minimum absolute atomic E-state index is 0.233. The van der Waals surface area contributed by atoms with E-state index in [0.717, 1.165) is 24.6 Å². The molecule has 1 fully saturated rings. The molecule has 1 saturated heterocycles. The van der Waals surface area contributed by atoms with Crippen LogP contribution >= 0.6 is 12.2 Å². The average Bonchev–Trinajstić information content (AvgIpc) is 2.49. The molecule has 2 rings (SSSR count). The Kier molecular flexibility index (Phi) is 6.03. The lowest BCUT2D eigenvalue weighted by atomic mass is 10.0. The van der Waals surface area contributed by atoms with Crippen LogP contribution in [0.5, 0.6) is 0 Å². The van der Waals surface area contributed by atoms with Crippen molar-refractivity contribution in [3.8, 4) is 0 Å². The van der Waals surface area contributed by atoms with E-state index in [4.69, 9.17) is 16.6 Å². The van der Waals surface area contributed by atoms with Crippen LogP contribution < -0.4 is 0 Å². The van der Waals surface area contributed by atoms with Gasteiger partial charge in [-0.15, -0.1) is 0 Å². The average molecular weight is 350 g/mol. The van der Waals surface area contributed by atoms with Gasteiger partial charge < -0.3 is 9.33 Å². The molecular weight excluding hydrogens is 318 g/mol. The Bertz CT molecular complexity index is 524. The zero-order valence-corrected chi connectivity index (χ0v) is 17.1. The largest absolute Gasteiger partial charge is 0.414 e. The van der Waals surface area contributed by atoms with Gasteiger partial charge in [0.25, 0.3) is 0 Å². The number of benzene rings is 1. The summed E-state index contributed by atoms with van der Waals surface area (Å²) in [6.45, 7) is 13.3. The van der Waals surface area contributed by atoms with Crippen LogP contribution in [0.4, 0.5) is 0 Å². The summed E-state index contributed by atoms with van der Waals surface area (Å²) in [6, 6.07) is 11.0. The van der Waals surface area contributed by atoms with E-state index in [1.807, 2.05) is 0 Å². The third kappa shape index (κ3) is 4.65. The summed E-state index contributed by atoms with van der Waals surface area (Å²) in [5.41, 5.74) is 1.32. The van der Waals surface area contributed by atoms with Gasteiger partial charge in [-0.3, -0.25) is 0 Å². The fourth-order valence-corrected chi connectivity index (χ4v) is 4.07. The minimum Gasteiger partial charge on any atom is -0.414 e. The van der Waals surface area contributed by atoms with Crippen molar-refractivity contribution in [1.29, 1.82) is 0 Å². The monoisotopic (exact) mass is 349 g/mol. The number of nitrogens with zero attached hydrogens (tertiary/aromatic N) is 1. The molecule has 0 aromatic heterocycles. The van der Waals surface area contributed by atoms with E-state index in [1.54, 1.807) is 0 Å². The van der Waals surface area contributed by atoms with E-state index in [-0.39, 0.29) is 11.1 Å². The van der Waals surface area contributed by atoms with Crippen molar-refractivity contribution < 1.29 is 4.43 Å². The molecule has 1 atom stereocenters. The predicted octanol–water partition coefficient (Wildman–Crippen LogP) is 5.56. The molecular formula is C19H31NOSSi. The Morgan fingerprint density at radius 1 is 1.17 bits per heavy atom. The van der Waals surface area contributed by atoms with E-state index in [2.05, 4.69) is 69.1 Å². The van der Waals surface area contributed by atoms with Crippen molar-refractivity contribution >= 4 is 25.5 Å². The Hall–Kier alpha value is -0.713. The highest BCUT2D eigenvalue weighted by Crippen LogP contribution is 2.38. The van der Waals surface area contributed by atoms with Gasteiger partial charge in [-0.1, -0.05) is 63.3 Å². The molecule has 0 unspecified atom stereocenters. The summed E-state index contributed by atoms with van der Waals surface area (Å²) >= 11 is 5.67. The van der Waals surface area contributed by atoms with Gasteiger partial charge in [-0.05, 0) is 43.0 Å². The van der Waals surface area contributed by atoms with Crippen molar-refractivity contribution in [2.75, 3.05) is 13.2 Å². The van der Waals surface area contributed by atoms with Crippen LogP contribution in [0.25, 0.3) is 0 Å². The first-order valence-corrected chi connectivity index (χ1v) is 12.0. The molecule has 0 saturated carbocycles. The molecule has 1 aliphatic heterocycles. The Morgan fingerprint density at radius 2 is 1.83 bits per heavy atom. The van der Waals surface area contributed by atoms with E-state index in [9.17, 15) is 0 Å². The molecule has 2 nitrogen and oxygen atoms in total. The standard InChI is InChI=1S/C19H31NOSSi/c1-19(2,3)23(4,5)21-15-17(16-11-7-6-8-12-16)20-14-10-9-13-18(20)22/h6-8,11-12,17H,9-10,13-15H2,1-5H3/t17-/m1/s1. The van der Waals surface area contributed by atoms with Crippen LogP contribution in [0.2, 0.25) is 18.1 Å². The fourth-order valence-electron chi connectivity index (χ4n) is 2.70. The zero-order chi connectivity index (χ0) is 17.1. The first kappa shape index (κ1) is 18.6. The number of rotatable bonds is 5. The van der Waals surface area contributed by atoms with E-state index in [1.165, 1.54) is 18.4 Å². The van der Waals surface area contributed by atoms with Gasteiger partial charge in [0.05, 0.1) is 17.6 Å². The van der Waals surface area contributed by atoms with Crippen LogP contribution in [0, 0.1) is 0 Å². The smallest absolute Gasteiger partial charge is 0.192 e. The molecule has 0 spiro atoms. The highest BCUT2D eigenvalue weighted by molar-refractivity contribution is 7.80. The second-order valence-electron chi connectivity index (χ2n) is 8.04. The molecule has 0 N–H and O–H groups in total. The Labute approximate surface area is 148 Å². The summed E-state index contributed by atoms with van der Waals surface area (Å²) < 4.78 is 6.55. The first-order valence-electron chi connectivity index (χ1n) is 8.71. The maximum absolute atomic E-state index is 6.55. The van der Waals surface area contributed by atoms with Crippen molar-refractivity contribution in [3.05, 3.63) is 35.9 Å². The maximum Gasteiger partial charge on any atom is 0.192 e. The van der Waals surface area contributed by atoms with E-state index < -0.39 is 8.32 Å². The second kappa shape index (κ2) is 7.45. The van der Waals surface area contributed by atoms with Crippen LogP contribution in [-0.4, -0.2) is 31.4 Å². The first-order chi connectivity index (χ1) is 10.7. The molecule has 23 heavy (non-hydrogen) atoms. The third-order valence-corrected chi connectivity index (χ3v) is 10.3. The van der Waals surface area contributed by atoms with Gasteiger partial charge in [-0.25, -0.2) is 0 Å². The SMILES string of the molecule is CC(C)(C)[Si](C)(C)OC[C@H](c1ccccc1)N1CCCCC1=S. The molecule has 1 aromatic carbocycles. The molecule has 1 heterocycles. The van der Waals surface area contributed by atoms with Gasteiger partial charge >= 0.3 is 0 Å². The topological polar surface area (TPSA) is 12.5 Å². The molecule has 0 aliphatic carbocycles. The predicted molar refractivity (Wildman–Crippen MR) is 105 cm³/mol.